The van der Waals surface area contributed by atoms with Crippen molar-refractivity contribution in [3.8, 4) is 6.07 Å². The standard InChI is InChI=1S/C15H19N3O3/c1-4-18(15(2,3)13(19)20)14(21)17-10-12-7-5-6-11(8-12)9-16/h5-8H,4,10H2,1-3H3,(H,17,21)(H,19,20). The van der Waals surface area contributed by atoms with E-state index in [0.29, 0.717) is 5.56 Å². The highest BCUT2D eigenvalue weighted by Crippen LogP contribution is 2.15. The molecule has 0 aliphatic rings. The first-order chi connectivity index (χ1) is 9.82. The number of carboxylic acid groups (broad SMARTS) is 1. The molecule has 2 N–H and O–H groups in total. The van der Waals surface area contributed by atoms with E-state index in [4.69, 9.17) is 5.26 Å². The van der Waals surface area contributed by atoms with Crippen molar-refractivity contribution in [2.45, 2.75) is 32.9 Å². The van der Waals surface area contributed by atoms with Crippen LogP contribution in [0.3, 0.4) is 0 Å². The van der Waals surface area contributed by atoms with E-state index in [1.807, 2.05) is 6.07 Å². The van der Waals surface area contributed by atoms with Gasteiger partial charge in [0.1, 0.15) is 5.54 Å². The molecule has 6 nitrogen and oxygen atoms in total. The van der Waals surface area contributed by atoms with Crippen molar-refractivity contribution >= 4 is 12.0 Å². The van der Waals surface area contributed by atoms with E-state index in [1.54, 1.807) is 31.2 Å². The summed E-state index contributed by atoms with van der Waals surface area (Å²) in [5, 5.41) is 20.7. The topological polar surface area (TPSA) is 93.4 Å². The summed E-state index contributed by atoms with van der Waals surface area (Å²) in [6, 6.07) is 8.46. The zero-order chi connectivity index (χ0) is 16.0. The van der Waals surface area contributed by atoms with E-state index in [-0.39, 0.29) is 13.1 Å². The van der Waals surface area contributed by atoms with Gasteiger partial charge in [-0.05, 0) is 38.5 Å². The highest BCUT2D eigenvalue weighted by molar-refractivity contribution is 5.85. The first kappa shape index (κ1) is 16.5. The molecule has 0 aliphatic carbocycles. The molecule has 0 aromatic heterocycles. The van der Waals surface area contributed by atoms with Gasteiger partial charge in [0.25, 0.3) is 0 Å². The molecule has 2 amide bonds. The van der Waals surface area contributed by atoms with Gasteiger partial charge in [-0.2, -0.15) is 5.26 Å². The summed E-state index contributed by atoms with van der Waals surface area (Å²) >= 11 is 0. The molecule has 112 valence electrons. The molecule has 0 aliphatic heterocycles. The minimum absolute atomic E-state index is 0.237. The number of carbonyl (C=O) groups excluding carboxylic acids is 1. The molecule has 0 spiro atoms. The normalized spacial score (nSPS) is 10.6. The van der Waals surface area contributed by atoms with Crippen molar-refractivity contribution in [3.05, 3.63) is 35.4 Å². The van der Waals surface area contributed by atoms with E-state index in [9.17, 15) is 14.7 Å². The summed E-state index contributed by atoms with van der Waals surface area (Å²) < 4.78 is 0. The van der Waals surface area contributed by atoms with Crippen molar-refractivity contribution in [2.75, 3.05) is 6.54 Å². The number of nitriles is 1. The van der Waals surface area contributed by atoms with Crippen LogP contribution in [0.1, 0.15) is 31.9 Å². The van der Waals surface area contributed by atoms with E-state index >= 15 is 0 Å². The average molecular weight is 289 g/mol. The molecule has 0 saturated heterocycles. The number of nitrogens with one attached hydrogen (secondary N) is 1. The molecule has 1 aromatic carbocycles. The number of hydrogen-bond acceptors (Lipinski definition) is 3. The smallest absolute Gasteiger partial charge is 0.329 e. The molecule has 6 heteroatoms. The minimum atomic E-state index is -1.28. The van der Waals surface area contributed by atoms with Crippen LogP contribution in [0, 0.1) is 11.3 Å². The van der Waals surface area contributed by atoms with Crippen LogP contribution in [0.4, 0.5) is 4.79 Å². The number of carbonyl (C=O) groups is 2. The Hall–Kier alpha value is -2.55. The van der Waals surface area contributed by atoms with Crippen LogP contribution < -0.4 is 5.32 Å². The van der Waals surface area contributed by atoms with Crippen LogP contribution in [0.25, 0.3) is 0 Å². The number of hydrogen-bond donors (Lipinski definition) is 2. The molecule has 0 heterocycles. The lowest BCUT2D eigenvalue weighted by molar-refractivity contribution is -0.147. The number of benzene rings is 1. The van der Waals surface area contributed by atoms with Gasteiger partial charge in [0, 0.05) is 13.1 Å². The van der Waals surface area contributed by atoms with Crippen molar-refractivity contribution in [3.63, 3.8) is 0 Å². The number of likely N-dealkylation sites (N-methyl/N-ethyl adjacent to an activating group) is 1. The molecular weight excluding hydrogens is 270 g/mol. The molecule has 1 aromatic rings. The fraction of sp³-hybridized carbons (Fsp3) is 0.400. The maximum absolute atomic E-state index is 12.1. The van der Waals surface area contributed by atoms with E-state index in [2.05, 4.69) is 5.32 Å². The highest BCUT2D eigenvalue weighted by Gasteiger charge is 2.36. The lowest BCUT2D eigenvalue weighted by Gasteiger charge is -2.34. The van der Waals surface area contributed by atoms with Crippen LogP contribution in [0.5, 0.6) is 0 Å². The summed E-state index contributed by atoms with van der Waals surface area (Å²) in [4.78, 5) is 24.6. The molecule has 1 rings (SSSR count). The number of amides is 2. The second kappa shape index (κ2) is 6.75. The Morgan fingerprint density at radius 1 is 1.43 bits per heavy atom. The largest absolute Gasteiger partial charge is 0.480 e. The zero-order valence-corrected chi connectivity index (χ0v) is 12.4. The number of urea groups is 1. The quantitative estimate of drug-likeness (QED) is 0.866. The number of aliphatic carboxylic acids is 1. The zero-order valence-electron chi connectivity index (χ0n) is 12.4. The second-order valence-electron chi connectivity index (χ2n) is 5.08. The van der Waals surface area contributed by atoms with Gasteiger partial charge >= 0.3 is 12.0 Å². The van der Waals surface area contributed by atoms with Crippen molar-refractivity contribution < 1.29 is 14.7 Å². The second-order valence-corrected chi connectivity index (χ2v) is 5.08. The van der Waals surface area contributed by atoms with Gasteiger partial charge in [-0.3, -0.25) is 0 Å². The van der Waals surface area contributed by atoms with Crippen molar-refractivity contribution in [1.29, 1.82) is 5.26 Å². The van der Waals surface area contributed by atoms with Crippen molar-refractivity contribution in [1.82, 2.24) is 10.2 Å². The molecular formula is C15H19N3O3. The Morgan fingerprint density at radius 3 is 2.62 bits per heavy atom. The third-order valence-corrected chi connectivity index (χ3v) is 3.26. The summed E-state index contributed by atoms with van der Waals surface area (Å²) in [5.74, 6) is -1.06. The van der Waals surface area contributed by atoms with Gasteiger partial charge in [0.2, 0.25) is 0 Å². The third-order valence-electron chi connectivity index (χ3n) is 3.26. The average Bonchev–Trinajstić information content (AvgIpc) is 2.45. The van der Waals surface area contributed by atoms with Crippen LogP contribution in [-0.4, -0.2) is 34.1 Å². The highest BCUT2D eigenvalue weighted by atomic mass is 16.4. The molecule has 0 fully saturated rings. The van der Waals surface area contributed by atoms with Gasteiger partial charge in [-0.1, -0.05) is 12.1 Å². The predicted molar refractivity (Wildman–Crippen MR) is 77.5 cm³/mol. The molecule has 0 radical (unpaired) electrons. The van der Waals surface area contributed by atoms with Crippen LogP contribution in [0.2, 0.25) is 0 Å². The van der Waals surface area contributed by atoms with Crippen LogP contribution in [-0.2, 0) is 11.3 Å². The first-order valence-electron chi connectivity index (χ1n) is 6.60. The van der Waals surface area contributed by atoms with E-state index < -0.39 is 17.5 Å². The number of nitrogens with zero attached hydrogens (tertiary/aromatic N) is 2. The van der Waals surface area contributed by atoms with Gasteiger partial charge in [0.05, 0.1) is 11.6 Å². The molecule has 0 bridgehead atoms. The summed E-state index contributed by atoms with van der Waals surface area (Å²) in [7, 11) is 0. The molecule has 0 unspecified atom stereocenters. The maximum Gasteiger partial charge on any atom is 0.329 e. The lowest BCUT2D eigenvalue weighted by Crippen LogP contribution is -2.55. The Kier molecular flexibility index (Phi) is 5.30. The molecule has 21 heavy (non-hydrogen) atoms. The molecule has 0 saturated carbocycles. The minimum Gasteiger partial charge on any atom is -0.480 e. The van der Waals surface area contributed by atoms with Crippen LogP contribution in [0.15, 0.2) is 24.3 Å². The van der Waals surface area contributed by atoms with Gasteiger partial charge in [-0.15, -0.1) is 0 Å². The van der Waals surface area contributed by atoms with Crippen molar-refractivity contribution in [2.24, 2.45) is 0 Å². The van der Waals surface area contributed by atoms with Crippen LogP contribution >= 0.6 is 0 Å². The fourth-order valence-corrected chi connectivity index (χ4v) is 1.93. The number of carboxylic acids is 1. The Morgan fingerprint density at radius 2 is 2.10 bits per heavy atom. The lowest BCUT2D eigenvalue weighted by atomic mass is 10.0. The Labute approximate surface area is 124 Å². The van der Waals surface area contributed by atoms with E-state index in [0.717, 1.165) is 5.56 Å². The number of rotatable bonds is 5. The van der Waals surface area contributed by atoms with Gasteiger partial charge < -0.3 is 15.3 Å². The Balaban J connectivity index is 2.76. The molecule has 0 atom stereocenters. The maximum atomic E-state index is 12.1. The van der Waals surface area contributed by atoms with E-state index in [1.165, 1.54) is 18.7 Å². The first-order valence-corrected chi connectivity index (χ1v) is 6.60. The Bertz CT molecular complexity index is 576. The monoisotopic (exact) mass is 289 g/mol. The summed E-state index contributed by atoms with van der Waals surface area (Å²) in [6.45, 7) is 5.20. The summed E-state index contributed by atoms with van der Waals surface area (Å²) in [6.07, 6.45) is 0. The SMILES string of the molecule is CCN(C(=O)NCc1cccc(C#N)c1)C(C)(C)C(=O)O. The third kappa shape index (κ3) is 3.96. The fourth-order valence-electron chi connectivity index (χ4n) is 1.93. The predicted octanol–water partition coefficient (Wildman–Crippen LogP) is 1.95. The summed E-state index contributed by atoms with van der Waals surface area (Å²) in [5.41, 5.74) is 0.0133. The van der Waals surface area contributed by atoms with Gasteiger partial charge in [-0.25, -0.2) is 9.59 Å². The van der Waals surface area contributed by atoms with Gasteiger partial charge in [0.15, 0.2) is 0 Å².